The third-order valence-corrected chi connectivity index (χ3v) is 10.9. The molecule has 0 saturated carbocycles. The van der Waals surface area contributed by atoms with Crippen molar-refractivity contribution in [3.8, 4) is 11.5 Å². The molecule has 4 bridgehead atoms. The van der Waals surface area contributed by atoms with E-state index in [4.69, 9.17) is 23.7 Å². The summed E-state index contributed by atoms with van der Waals surface area (Å²) >= 11 is 0. The highest BCUT2D eigenvalue weighted by atomic mass is 16.7. The van der Waals surface area contributed by atoms with Gasteiger partial charge in [0.25, 0.3) is 5.91 Å². The van der Waals surface area contributed by atoms with Crippen LogP contribution in [-0.2, 0) is 38.1 Å². The van der Waals surface area contributed by atoms with E-state index in [0.717, 1.165) is 21.0 Å². The molecule has 1 aromatic carbocycles. The number of hydrogen-bond donors (Lipinski definition) is 6. The SMILES string of the molecule is COC(=O)[C@@H]1[C@H](O)[C@H](C)C(O)[C@H](C)/C=C\C=C(/C)C(=O)Nc2c(C)c(OC(C)=O)c3c(c2O)C(=O)C(C)=C2OCOC(=C23)/C(C)=C\[C@@](C)(O)[C@H](O)[C@@H](C)[C@H]1OC(C)=O. The lowest BCUT2D eigenvalue weighted by atomic mass is 9.75. The van der Waals surface area contributed by atoms with Crippen molar-refractivity contribution in [1.29, 1.82) is 0 Å². The van der Waals surface area contributed by atoms with Crippen molar-refractivity contribution >= 4 is 40.9 Å². The van der Waals surface area contributed by atoms with Crippen LogP contribution in [0.25, 0.3) is 5.57 Å². The number of carbonyl (C=O) groups excluding carboxylic acids is 5. The van der Waals surface area contributed by atoms with Gasteiger partial charge in [-0.15, -0.1) is 0 Å². The van der Waals surface area contributed by atoms with Gasteiger partial charge in [-0.1, -0.05) is 39.0 Å². The fourth-order valence-corrected chi connectivity index (χ4v) is 7.63. The Balaban J connectivity index is 2.10. The predicted molar refractivity (Wildman–Crippen MR) is 208 cm³/mol. The zero-order valence-corrected chi connectivity index (χ0v) is 34.5. The summed E-state index contributed by atoms with van der Waals surface area (Å²) in [4.78, 5) is 66.1. The average Bonchev–Trinajstić information content (AvgIpc) is 3.16. The van der Waals surface area contributed by atoms with E-state index in [1.54, 1.807) is 13.0 Å². The molecular weight excluding hydrogens is 758 g/mol. The third kappa shape index (κ3) is 8.74. The molecule has 1 aromatic rings. The van der Waals surface area contributed by atoms with Gasteiger partial charge in [-0.05, 0) is 46.3 Å². The Hall–Kier alpha value is -5.29. The number of ether oxygens (including phenoxy) is 5. The first-order chi connectivity index (χ1) is 27.0. The first kappa shape index (κ1) is 45.4. The number of methoxy groups -OCH3 is 1. The topological polar surface area (TPSA) is 245 Å². The number of ketones is 1. The Morgan fingerprint density at radius 1 is 0.897 bits per heavy atom. The molecule has 0 aromatic heterocycles. The molecule has 16 heteroatoms. The number of aliphatic hydroxyl groups is 4. The molecule has 1 aliphatic carbocycles. The Labute approximate surface area is 336 Å². The van der Waals surface area contributed by atoms with E-state index in [-0.39, 0.29) is 61.9 Å². The van der Waals surface area contributed by atoms with Crippen LogP contribution in [0.1, 0.15) is 83.8 Å². The molecule has 0 fully saturated rings. The van der Waals surface area contributed by atoms with Crippen LogP contribution >= 0.6 is 0 Å². The number of fused-ring (bicyclic) bond motifs is 14. The summed E-state index contributed by atoms with van der Waals surface area (Å²) in [5.41, 5.74) is -2.49. The van der Waals surface area contributed by atoms with Gasteiger partial charge in [0.2, 0.25) is 6.79 Å². The highest BCUT2D eigenvalue weighted by Crippen LogP contribution is 2.53. The van der Waals surface area contributed by atoms with Gasteiger partial charge in [0.05, 0.1) is 42.2 Å². The molecule has 5 rings (SSSR count). The second kappa shape index (κ2) is 17.7. The van der Waals surface area contributed by atoms with Gasteiger partial charge in [0.1, 0.15) is 34.9 Å². The largest absolute Gasteiger partial charge is 0.505 e. The second-order valence-electron chi connectivity index (χ2n) is 15.3. The molecule has 3 aliphatic heterocycles. The molecule has 16 nitrogen and oxygen atoms in total. The molecule has 0 radical (unpaired) electrons. The number of allylic oxidation sites excluding steroid dienone is 5. The number of phenolic OH excluding ortho intramolecular Hbond substituents is 1. The highest BCUT2D eigenvalue weighted by Gasteiger charge is 2.49. The van der Waals surface area contributed by atoms with Crippen LogP contribution in [-0.4, -0.2) is 99.1 Å². The molecule has 58 heavy (non-hydrogen) atoms. The first-order valence-corrected chi connectivity index (χ1v) is 18.7. The maximum Gasteiger partial charge on any atom is 0.315 e. The van der Waals surface area contributed by atoms with Gasteiger partial charge in [-0.25, -0.2) is 0 Å². The number of carbonyl (C=O) groups is 5. The van der Waals surface area contributed by atoms with Crippen molar-refractivity contribution in [3.05, 3.63) is 69.2 Å². The minimum atomic E-state index is -2.22. The number of amides is 1. The molecule has 1 amide bonds. The van der Waals surface area contributed by atoms with E-state index < -0.39 is 95.8 Å². The first-order valence-electron chi connectivity index (χ1n) is 18.7. The Morgan fingerprint density at radius 2 is 1.52 bits per heavy atom. The fourth-order valence-electron chi connectivity index (χ4n) is 7.63. The maximum atomic E-state index is 14.0. The summed E-state index contributed by atoms with van der Waals surface area (Å²) in [7, 11) is 1.06. The van der Waals surface area contributed by atoms with Crippen LogP contribution in [0.4, 0.5) is 5.69 Å². The Morgan fingerprint density at radius 3 is 2.10 bits per heavy atom. The van der Waals surface area contributed by atoms with Gasteiger partial charge in [-0.2, -0.15) is 0 Å². The minimum Gasteiger partial charge on any atom is -0.505 e. The van der Waals surface area contributed by atoms with Gasteiger partial charge in [0.15, 0.2) is 11.5 Å². The van der Waals surface area contributed by atoms with E-state index in [2.05, 4.69) is 5.32 Å². The quantitative estimate of drug-likeness (QED) is 0.145. The van der Waals surface area contributed by atoms with Crippen molar-refractivity contribution in [1.82, 2.24) is 0 Å². The highest BCUT2D eigenvalue weighted by molar-refractivity contribution is 6.21. The Kier molecular flexibility index (Phi) is 13.8. The van der Waals surface area contributed by atoms with Crippen LogP contribution in [0.2, 0.25) is 0 Å². The van der Waals surface area contributed by atoms with Crippen molar-refractivity contribution in [2.75, 3.05) is 19.2 Å². The van der Waals surface area contributed by atoms with Gasteiger partial charge in [-0.3, -0.25) is 24.0 Å². The van der Waals surface area contributed by atoms with Gasteiger partial charge in [0, 0.05) is 53.9 Å². The number of hydrogen-bond acceptors (Lipinski definition) is 15. The maximum absolute atomic E-state index is 14.0. The number of aliphatic hydroxyl groups excluding tert-OH is 3. The number of benzene rings is 1. The molecular formula is C42H53NO15. The molecule has 316 valence electrons. The number of anilines is 1. The Bertz CT molecular complexity index is 2040. The zero-order valence-electron chi connectivity index (χ0n) is 34.5. The summed E-state index contributed by atoms with van der Waals surface area (Å²) < 4.78 is 28.0. The van der Waals surface area contributed by atoms with Gasteiger partial charge >= 0.3 is 17.9 Å². The van der Waals surface area contributed by atoms with Crippen molar-refractivity contribution in [2.24, 2.45) is 23.7 Å². The normalized spacial score (nSPS) is 32.1. The standard InChI is InChI=1S/C42H53NO15/c1-17-13-12-14-18(2)40(51)43-30-20(4)37(57-24(8)44)26-27(34(30)49)33(48)22(6)36-28(26)35(55-16-56-36)19(3)15-42(10,53)39(50)23(7)38(58-25(9)45)29(41(52)54-11)32(47)21(5)31(17)46/h12-15,17,21,23,29,31-32,38-39,46-47,49-50,53H,16H2,1-11H3,(H,43,51)/b13-12-,18-14+,19-15-/t17-,21-,23+,29-,31?,32-,38-,39-,42-/m1/s1. The molecule has 4 aliphatic rings. The minimum absolute atomic E-state index is 0.00972. The van der Waals surface area contributed by atoms with E-state index in [1.807, 2.05) is 0 Å². The second-order valence-corrected chi connectivity index (χ2v) is 15.3. The van der Waals surface area contributed by atoms with E-state index >= 15 is 0 Å². The lowest BCUT2D eigenvalue weighted by molar-refractivity contribution is -0.181. The monoisotopic (exact) mass is 811 g/mol. The smallest absolute Gasteiger partial charge is 0.315 e. The van der Waals surface area contributed by atoms with E-state index in [9.17, 15) is 49.5 Å². The molecule has 6 N–H and O–H groups in total. The van der Waals surface area contributed by atoms with Gasteiger partial charge < -0.3 is 54.5 Å². The van der Waals surface area contributed by atoms with Crippen molar-refractivity contribution < 1.29 is 73.2 Å². The van der Waals surface area contributed by atoms with Crippen LogP contribution in [0.5, 0.6) is 11.5 Å². The number of aromatic hydroxyl groups is 1. The van der Waals surface area contributed by atoms with Crippen LogP contribution < -0.4 is 10.1 Å². The number of Topliss-reactive ketones (excluding diaryl/α,β-unsaturated/α-hetero) is 1. The van der Waals surface area contributed by atoms with Crippen molar-refractivity contribution in [3.63, 3.8) is 0 Å². The summed E-state index contributed by atoms with van der Waals surface area (Å²) in [6, 6.07) is 0. The molecule has 0 spiro atoms. The van der Waals surface area contributed by atoms with Crippen molar-refractivity contribution in [2.45, 2.75) is 99.3 Å². The van der Waals surface area contributed by atoms with Crippen LogP contribution in [0, 0.1) is 30.6 Å². The lowest BCUT2D eigenvalue weighted by Gasteiger charge is -2.40. The summed E-state index contributed by atoms with van der Waals surface area (Å²) in [5.74, 6) is -9.71. The van der Waals surface area contributed by atoms with E-state index in [1.165, 1.54) is 66.7 Å². The van der Waals surface area contributed by atoms with Crippen LogP contribution in [0.15, 0.2) is 52.5 Å². The molecule has 1 unspecified atom stereocenters. The number of phenols is 1. The summed E-state index contributed by atoms with van der Waals surface area (Å²) in [6.45, 7) is 13.4. The number of esters is 3. The van der Waals surface area contributed by atoms with Crippen LogP contribution in [0.3, 0.4) is 0 Å². The number of rotatable bonds is 3. The zero-order chi connectivity index (χ0) is 43.7. The fraction of sp³-hybridized carbons (Fsp3) is 0.500. The molecule has 9 atom stereocenters. The number of nitrogens with one attached hydrogen (secondary N) is 1. The molecule has 0 saturated heterocycles. The summed E-state index contributed by atoms with van der Waals surface area (Å²) in [6.07, 6.45) is -0.811. The van der Waals surface area contributed by atoms with E-state index in [0.29, 0.717) is 0 Å². The lowest BCUT2D eigenvalue weighted by Crippen LogP contribution is -2.54. The summed E-state index contributed by atoms with van der Waals surface area (Å²) in [5, 5.41) is 61.2. The predicted octanol–water partition coefficient (Wildman–Crippen LogP) is 3.68. The average molecular weight is 812 g/mol. The third-order valence-electron chi connectivity index (χ3n) is 10.9. The molecule has 3 heterocycles.